The van der Waals surface area contributed by atoms with Crippen LogP contribution in [0.5, 0.6) is 0 Å². The minimum atomic E-state index is -0.179. The predicted molar refractivity (Wildman–Crippen MR) is 118 cm³/mol. The molecule has 0 bridgehead atoms. The molecule has 6 heteroatoms. The maximum atomic E-state index is 12.2. The topological polar surface area (TPSA) is 48.7 Å². The summed E-state index contributed by atoms with van der Waals surface area (Å²) in [5.74, 6) is -0.179. The van der Waals surface area contributed by atoms with Gasteiger partial charge in [-0.25, -0.2) is 0 Å². The lowest BCUT2D eigenvalue weighted by Gasteiger charge is -2.34. The molecule has 29 heavy (non-hydrogen) atoms. The molecule has 0 radical (unpaired) electrons. The van der Waals surface area contributed by atoms with E-state index < -0.39 is 0 Å². The largest absolute Gasteiger partial charge is 0.457 e. The van der Waals surface area contributed by atoms with Crippen LogP contribution in [0.3, 0.4) is 0 Å². The zero-order valence-corrected chi connectivity index (χ0v) is 17.8. The molecule has 1 amide bonds. The summed E-state index contributed by atoms with van der Waals surface area (Å²) < 4.78 is 5.66. The summed E-state index contributed by atoms with van der Waals surface area (Å²) >= 11 is 3.21. The first-order valence-electron chi connectivity index (χ1n) is 9.79. The average Bonchev–Trinajstić information content (AvgIpc) is 3.18. The lowest BCUT2D eigenvalue weighted by atomic mass is 10.1. The molecule has 1 saturated heterocycles. The first kappa shape index (κ1) is 19.9. The number of anilines is 1. The molecular weight excluding hydrogens is 430 g/mol. The van der Waals surface area contributed by atoms with Gasteiger partial charge < -0.3 is 9.73 Å². The number of nitrogens with one attached hydrogen (secondary N) is 1. The molecule has 5 nitrogen and oxygen atoms in total. The molecule has 4 rings (SSSR count). The summed E-state index contributed by atoms with van der Waals surface area (Å²) in [5, 5.41) is 2.89. The van der Waals surface area contributed by atoms with E-state index in [1.165, 1.54) is 17.4 Å². The Kier molecular flexibility index (Phi) is 6.44. The number of furan rings is 1. The first-order chi connectivity index (χ1) is 14.2. The van der Waals surface area contributed by atoms with Gasteiger partial charge in [-0.05, 0) is 39.2 Å². The third kappa shape index (κ3) is 5.56. The zero-order valence-electron chi connectivity index (χ0n) is 16.2. The van der Waals surface area contributed by atoms with Crippen LogP contribution in [0.4, 0.5) is 5.69 Å². The number of halogens is 1. The molecule has 1 N–H and O–H groups in total. The number of piperazine rings is 1. The minimum absolute atomic E-state index is 0.179. The Labute approximate surface area is 179 Å². The van der Waals surface area contributed by atoms with Crippen LogP contribution in [-0.4, -0.2) is 41.9 Å². The Morgan fingerprint density at radius 3 is 2.03 bits per heavy atom. The molecule has 0 aliphatic carbocycles. The average molecular weight is 454 g/mol. The molecule has 0 unspecified atom stereocenters. The van der Waals surface area contributed by atoms with Gasteiger partial charge >= 0.3 is 0 Å². The van der Waals surface area contributed by atoms with Crippen LogP contribution in [0.1, 0.15) is 21.5 Å². The van der Waals surface area contributed by atoms with Crippen LogP contribution in [0.2, 0.25) is 0 Å². The van der Waals surface area contributed by atoms with E-state index in [1.54, 1.807) is 6.07 Å². The highest BCUT2D eigenvalue weighted by Crippen LogP contribution is 2.17. The molecule has 1 aliphatic rings. The van der Waals surface area contributed by atoms with Crippen LogP contribution >= 0.6 is 15.9 Å². The molecule has 0 saturated carbocycles. The van der Waals surface area contributed by atoms with Crippen molar-refractivity contribution < 1.29 is 9.21 Å². The Bertz CT molecular complexity index is 932. The van der Waals surface area contributed by atoms with Crippen molar-refractivity contribution in [2.24, 2.45) is 0 Å². The van der Waals surface area contributed by atoms with E-state index in [0.717, 1.165) is 45.0 Å². The number of carbonyl (C=O) groups is 1. The van der Waals surface area contributed by atoms with E-state index >= 15 is 0 Å². The van der Waals surface area contributed by atoms with Crippen LogP contribution in [-0.2, 0) is 13.1 Å². The summed E-state index contributed by atoms with van der Waals surface area (Å²) in [6.07, 6.45) is 1.44. The van der Waals surface area contributed by atoms with Gasteiger partial charge in [-0.3, -0.25) is 14.6 Å². The van der Waals surface area contributed by atoms with Crippen molar-refractivity contribution in [3.63, 3.8) is 0 Å². The van der Waals surface area contributed by atoms with Crippen LogP contribution < -0.4 is 5.32 Å². The molecule has 1 aromatic heterocycles. The third-order valence-corrected chi connectivity index (χ3v) is 5.58. The van der Waals surface area contributed by atoms with Crippen LogP contribution in [0, 0.1) is 0 Å². The summed E-state index contributed by atoms with van der Waals surface area (Å²) in [5.41, 5.74) is 3.91. The van der Waals surface area contributed by atoms with E-state index in [9.17, 15) is 4.79 Å². The smallest absolute Gasteiger partial charge is 0.258 e. The lowest BCUT2D eigenvalue weighted by molar-refractivity contribution is 0.102. The van der Waals surface area contributed by atoms with Gasteiger partial charge in [0.25, 0.3) is 5.91 Å². The van der Waals surface area contributed by atoms with Crippen molar-refractivity contribution in [3.8, 4) is 0 Å². The standard InChI is InChI=1S/C23H24BrN3O2/c24-22-14-20(17-29-22)23(28)25-21-8-6-19(7-9-21)16-27-12-10-26(11-13-27)15-18-4-2-1-3-5-18/h1-9,14,17H,10-13,15-16H2,(H,25,28). The monoisotopic (exact) mass is 453 g/mol. The van der Waals surface area contributed by atoms with Gasteiger partial charge in [0.1, 0.15) is 6.26 Å². The van der Waals surface area contributed by atoms with Crippen molar-refractivity contribution in [1.29, 1.82) is 0 Å². The number of nitrogens with zero attached hydrogens (tertiary/aromatic N) is 2. The second-order valence-corrected chi connectivity index (χ2v) is 8.11. The number of rotatable bonds is 6. The van der Waals surface area contributed by atoms with E-state index in [0.29, 0.717) is 10.2 Å². The molecule has 2 aromatic carbocycles. The molecular formula is C23H24BrN3O2. The maximum Gasteiger partial charge on any atom is 0.258 e. The maximum absolute atomic E-state index is 12.2. The molecule has 1 fully saturated rings. The van der Waals surface area contributed by atoms with Crippen LogP contribution in [0.15, 0.2) is 76.0 Å². The Morgan fingerprint density at radius 2 is 1.48 bits per heavy atom. The molecule has 0 atom stereocenters. The number of carbonyl (C=O) groups excluding carboxylic acids is 1. The highest BCUT2D eigenvalue weighted by atomic mass is 79.9. The summed E-state index contributed by atoms with van der Waals surface area (Å²) in [6, 6.07) is 20.4. The van der Waals surface area contributed by atoms with E-state index in [1.807, 2.05) is 12.1 Å². The lowest BCUT2D eigenvalue weighted by Crippen LogP contribution is -2.45. The number of amides is 1. The normalized spacial score (nSPS) is 15.3. The third-order valence-electron chi connectivity index (χ3n) is 5.16. The fourth-order valence-electron chi connectivity index (χ4n) is 3.53. The van der Waals surface area contributed by atoms with Crippen molar-refractivity contribution in [2.75, 3.05) is 31.5 Å². The summed E-state index contributed by atoms with van der Waals surface area (Å²) in [6.45, 7) is 6.27. The Hall–Kier alpha value is -2.41. The summed E-state index contributed by atoms with van der Waals surface area (Å²) in [7, 11) is 0. The Balaban J connectivity index is 1.24. The highest BCUT2D eigenvalue weighted by Gasteiger charge is 2.17. The first-order valence-corrected chi connectivity index (χ1v) is 10.6. The number of benzene rings is 2. The van der Waals surface area contributed by atoms with Gasteiger partial charge in [-0.2, -0.15) is 0 Å². The van der Waals surface area contributed by atoms with Crippen molar-refractivity contribution >= 4 is 27.5 Å². The van der Waals surface area contributed by atoms with Crippen molar-refractivity contribution in [3.05, 3.63) is 88.3 Å². The van der Waals surface area contributed by atoms with Crippen molar-refractivity contribution in [1.82, 2.24) is 9.80 Å². The van der Waals surface area contributed by atoms with Gasteiger partial charge in [-0.15, -0.1) is 0 Å². The number of hydrogen-bond donors (Lipinski definition) is 1. The van der Waals surface area contributed by atoms with Gasteiger partial charge in [0.15, 0.2) is 4.67 Å². The minimum Gasteiger partial charge on any atom is -0.457 e. The molecule has 0 spiro atoms. The van der Waals surface area contributed by atoms with Crippen molar-refractivity contribution in [2.45, 2.75) is 13.1 Å². The van der Waals surface area contributed by atoms with Gasteiger partial charge in [0, 0.05) is 51.0 Å². The van der Waals surface area contributed by atoms with Gasteiger partial charge in [-0.1, -0.05) is 42.5 Å². The fraction of sp³-hybridized carbons (Fsp3) is 0.261. The van der Waals surface area contributed by atoms with E-state index in [4.69, 9.17) is 4.42 Å². The fourth-order valence-corrected chi connectivity index (χ4v) is 3.87. The molecule has 2 heterocycles. The summed E-state index contributed by atoms with van der Waals surface area (Å²) in [4.78, 5) is 17.2. The van der Waals surface area contributed by atoms with Gasteiger partial charge in [0.05, 0.1) is 5.56 Å². The SMILES string of the molecule is O=C(Nc1ccc(CN2CCN(Cc3ccccc3)CC2)cc1)c1coc(Br)c1. The zero-order chi connectivity index (χ0) is 20.1. The Morgan fingerprint density at radius 1 is 0.897 bits per heavy atom. The molecule has 150 valence electrons. The number of hydrogen-bond acceptors (Lipinski definition) is 4. The van der Waals surface area contributed by atoms with E-state index in [2.05, 4.69) is 73.5 Å². The molecule has 1 aliphatic heterocycles. The molecule has 3 aromatic rings. The second-order valence-electron chi connectivity index (χ2n) is 7.33. The quantitative estimate of drug-likeness (QED) is 0.591. The highest BCUT2D eigenvalue weighted by molar-refractivity contribution is 9.10. The predicted octanol–water partition coefficient (Wildman–Crippen LogP) is 4.61. The second kappa shape index (κ2) is 9.39. The van der Waals surface area contributed by atoms with Gasteiger partial charge in [0.2, 0.25) is 0 Å². The van der Waals surface area contributed by atoms with E-state index in [-0.39, 0.29) is 5.91 Å². The van der Waals surface area contributed by atoms with Crippen LogP contribution in [0.25, 0.3) is 0 Å².